The number of benzene rings is 1. The van der Waals surface area contributed by atoms with Crippen molar-refractivity contribution in [1.82, 2.24) is 0 Å². The summed E-state index contributed by atoms with van der Waals surface area (Å²) in [5.41, 5.74) is 1.36. The zero-order valence-electron chi connectivity index (χ0n) is 5.84. The van der Waals surface area contributed by atoms with Crippen LogP contribution in [0.4, 0.5) is 0 Å². The van der Waals surface area contributed by atoms with Crippen molar-refractivity contribution in [2.45, 2.75) is 12.8 Å². The second kappa shape index (κ2) is 4.58. The van der Waals surface area contributed by atoms with Crippen LogP contribution in [-0.2, 0) is 6.42 Å². The van der Waals surface area contributed by atoms with Gasteiger partial charge in [0.25, 0.3) is 0 Å². The molecule has 1 heterocycles. The smallest absolute Gasteiger partial charge is 0.122 e. The monoisotopic (exact) mass is 274 g/mol. The normalized spacial score (nSPS) is 14.2. The van der Waals surface area contributed by atoms with Crippen molar-refractivity contribution in [2.24, 2.45) is 0 Å². The van der Waals surface area contributed by atoms with Gasteiger partial charge in [0, 0.05) is 0 Å². The van der Waals surface area contributed by atoms with Crippen LogP contribution in [0.3, 0.4) is 0 Å². The van der Waals surface area contributed by atoms with Gasteiger partial charge in [0.15, 0.2) is 0 Å². The van der Waals surface area contributed by atoms with E-state index in [1.807, 2.05) is 12.1 Å². The molecular weight excluding hydrogens is 261 g/mol. The number of rotatable bonds is 0. The summed E-state index contributed by atoms with van der Waals surface area (Å²) in [4.78, 5) is 0. The van der Waals surface area contributed by atoms with Crippen LogP contribution in [0.2, 0.25) is 0 Å². The topological polar surface area (TPSA) is 9.23 Å². The fraction of sp³-hybridized carbons (Fsp3) is 0.333. The molecule has 0 radical (unpaired) electrons. The van der Waals surface area contributed by atoms with Crippen LogP contribution in [0.5, 0.6) is 5.75 Å². The van der Waals surface area contributed by atoms with Gasteiger partial charge in [0.2, 0.25) is 0 Å². The first-order valence-electron chi connectivity index (χ1n) is 3.67. The van der Waals surface area contributed by atoms with Crippen LogP contribution < -0.4 is 4.74 Å². The molecule has 0 bridgehead atoms. The van der Waals surface area contributed by atoms with Crippen molar-refractivity contribution in [2.75, 3.05) is 6.61 Å². The van der Waals surface area contributed by atoms with Crippen LogP contribution >= 0.6 is 0 Å². The molecule has 2 heteroatoms. The predicted molar refractivity (Wildman–Crippen MR) is 48.8 cm³/mol. The molecule has 0 saturated carbocycles. The standard InChI is InChI=1S/C9H10O.Ba.2H/c1-2-6-9-8(4-1)5-3-7-10-9;;;/h1-2,4,6H,3,5,7H2;;;. The van der Waals surface area contributed by atoms with E-state index in [0.29, 0.717) is 0 Å². The number of aryl methyl sites for hydroxylation is 1. The Hall–Kier alpha value is 0.591. The van der Waals surface area contributed by atoms with E-state index < -0.39 is 0 Å². The van der Waals surface area contributed by atoms with E-state index in [1.54, 1.807) is 0 Å². The minimum Gasteiger partial charge on any atom is -0.493 e. The number of hydrogen-bond acceptors (Lipinski definition) is 1. The van der Waals surface area contributed by atoms with Crippen molar-refractivity contribution < 1.29 is 4.74 Å². The third-order valence-electron chi connectivity index (χ3n) is 1.82. The van der Waals surface area contributed by atoms with Gasteiger partial charge in [-0.05, 0) is 24.5 Å². The van der Waals surface area contributed by atoms with E-state index in [9.17, 15) is 0 Å². The second-order valence-corrected chi connectivity index (χ2v) is 2.56. The fourth-order valence-corrected chi connectivity index (χ4v) is 1.30. The molecule has 0 saturated heterocycles. The summed E-state index contributed by atoms with van der Waals surface area (Å²) in [5, 5.41) is 0. The molecule has 1 aliphatic heterocycles. The minimum atomic E-state index is 0. The summed E-state index contributed by atoms with van der Waals surface area (Å²) in [5.74, 6) is 1.08. The van der Waals surface area contributed by atoms with Gasteiger partial charge in [-0.3, -0.25) is 0 Å². The third-order valence-corrected chi connectivity index (χ3v) is 1.82. The molecule has 0 unspecified atom stereocenters. The Kier molecular flexibility index (Phi) is 4.03. The molecule has 1 aromatic rings. The zero-order chi connectivity index (χ0) is 6.81. The first-order chi connectivity index (χ1) is 4.97. The van der Waals surface area contributed by atoms with Crippen molar-refractivity contribution in [3.8, 4) is 5.75 Å². The van der Waals surface area contributed by atoms with Crippen molar-refractivity contribution in [3.05, 3.63) is 29.8 Å². The maximum atomic E-state index is 5.42. The van der Waals surface area contributed by atoms with Gasteiger partial charge in [-0.1, -0.05) is 18.2 Å². The Labute approximate surface area is 107 Å². The molecular formula is C9H12BaO. The Morgan fingerprint density at radius 1 is 1.18 bits per heavy atom. The first kappa shape index (κ1) is 9.68. The molecule has 1 nitrogen and oxygen atoms in total. The van der Waals surface area contributed by atoms with Crippen molar-refractivity contribution in [1.29, 1.82) is 0 Å². The quantitative estimate of drug-likeness (QED) is 0.643. The van der Waals surface area contributed by atoms with Gasteiger partial charge >= 0.3 is 48.9 Å². The Morgan fingerprint density at radius 2 is 2.00 bits per heavy atom. The molecule has 1 aliphatic rings. The van der Waals surface area contributed by atoms with Gasteiger partial charge in [-0.2, -0.15) is 0 Å². The molecule has 11 heavy (non-hydrogen) atoms. The molecule has 0 aliphatic carbocycles. The van der Waals surface area contributed by atoms with E-state index >= 15 is 0 Å². The van der Waals surface area contributed by atoms with E-state index in [1.165, 1.54) is 12.0 Å². The van der Waals surface area contributed by atoms with Gasteiger partial charge in [-0.25, -0.2) is 0 Å². The third kappa shape index (κ3) is 2.26. The molecule has 0 fully saturated rings. The molecule has 0 amide bonds. The van der Waals surface area contributed by atoms with Crippen LogP contribution in [0, 0.1) is 0 Å². The Bertz CT molecular complexity index is 210. The Balaban J connectivity index is 0.000000605. The van der Waals surface area contributed by atoms with Crippen molar-refractivity contribution in [3.63, 3.8) is 0 Å². The Morgan fingerprint density at radius 3 is 2.82 bits per heavy atom. The maximum absolute atomic E-state index is 5.42. The van der Waals surface area contributed by atoms with E-state index in [4.69, 9.17) is 4.74 Å². The van der Waals surface area contributed by atoms with Crippen molar-refractivity contribution >= 4 is 48.9 Å². The summed E-state index contributed by atoms with van der Waals surface area (Å²) < 4.78 is 5.42. The molecule has 0 atom stereocenters. The largest absolute Gasteiger partial charge is 0.493 e. The predicted octanol–water partition coefficient (Wildman–Crippen LogP) is 1.10. The number of ether oxygens (including phenoxy) is 1. The molecule has 1 aromatic carbocycles. The summed E-state index contributed by atoms with van der Waals surface area (Å²) in [6.07, 6.45) is 2.34. The number of para-hydroxylation sites is 1. The van der Waals surface area contributed by atoms with Crippen LogP contribution in [0.1, 0.15) is 12.0 Å². The second-order valence-electron chi connectivity index (χ2n) is 2.56. The molecule has 0 aromatic heterocycles. The molecule has 56 valence electrons. The summed E-state index contributed by atoms with van der Waals surface area (Å²) >= 11 is 0. The number of hydrogen-bond donors (Lipinski definition) is 0. The summed E-state index contributed by atoms with van der Waals surface area (Å²) in [6.45, 7) is 0.886. The van der Waals surface area contributed by atoms with Crippen LogP contribution in [0.25, 0.3) is 0 Å². The van der Waals surface area contributed by atoms with E-state index in [0.717, 1.165) is 18.8 Å². The first-order valence-corrected chi connectivity index (χ1v) is 3.67. The van der Waals surface area contributed by atoms with Gasteiger partial charge in [-0.15, -0.1) is 0 Å². The van der Waals surface area contributed by atoms with E-state index in [2.05, 4.69) is 12.1 Å². The average molecular weight is 274 g/mol. The molecule has 0 N–H and O–H groups in total. The average Bonchev–Trinajstić information content (AvgIpc) is 2.05. The maximum Gasteiger partial charge on any atom is 0.122 e. The molecule has 2 rings (SSSR count). The van der Waals surface area contributed by atoms with Gasteiger partial charge in [0.05, 0.1) is 6.61 Å². The fourth-order valence-electron chi connectivity index (χ4n) is 1.30. The van der Waals surface area contributed by atoms with Crippen LogP contribution in [-0.4, -0.2) is 55.5 Å². The van der Waals surface area contributed by atoms with Gasteiger partial charge < -0.3 is 4.74 Å². The SMILES string of the molecule is [BaH2].c1ccc2c(c1)CCCO2. The van der Waals surface area contributed by atoms with Crippen LogP contribution in [0.15, 0.2) is 24.3 Å². The van der Waals surface area contributed by atoms with E-state index in [-0.39, 0.29) is 48.9 Å². The minimum absolute atomic E-state index is 0. The van der Waals surface area contributed by atoms with Gasteiger partial charge in [0.1, 0.15) is 5.75 Å². The summed E-state index contributed by atoms with van der Waals surface area (Å²) in [7, 11) is 0. The number of fused-ring (bicyclic) bond motifs is 1. The zero-order valence-corrected chi connectivity index (χ0v) is 5.84. The summed E-state index contributed by atoms with van der Waals surface area (Å²) in [6, 6.07) is 8.25. The molecule has 0 spiro atoms.